The minimum Gasteiger partial charge on any atom is -0.479 e. The van der Waals surface area contributed by atoms with Gasteiger partial charge in [0.1, 0.15) is 6.10 Å². The number of hydrogen-bond acceptors (Lipinski definition) is 8. The lowest BCUT2D eigenvalue weighted by Gasteiger charge is -2.38. The summed E-state index contributed by atoms with van der Waals surface area (Å²) in [6, 6.07) is 0. The maximum Gasteiger partial charge on any atom is 0.511 e. The molecule has 198 valence electrons. The molecule has 0 aromatic heterocycles. The van der Waals surface area contributed by atoms with Crippen molar-refractivity contribution in [2.24, 2.45) is 34.3 Å². The van der Waals surface area contributed by atoms with Crippen molar-refractivity contribution < 1.29 is 42.8 Å². The highest BCUT2D eigenvalue weighted by Crippen LogP contribution is 2.68. The first-order valence-corrected chi connectivity index (χ1v) is 12.6. The number of carbonyl (C=O) groups excluding carboxylic acids is 2. The average molecular weight is 500 g/mol. The van der Waals surface area contributed by atoms with E-state index in [0.717, 1.165) is 19.3 Å². The van der Waals surface area contributed by atoms with Crippen molar-refractivity contribution in [3.8, 4) is 0 Å². The fraction of sp³-hybridized carbons (Fsp3) is 0.880. The monoisotopic (exact) mass is 499 g/mol. The lowest BCUT2D eigenvalue weighted by Crippen LogP contribution is -2.56. The molecular formula is C25H38FNO8. The highest BCUT2D eigenvalue weighted by Gasteiger charge is 2.83. The summed E-state index contributed by atoms with van der Waals surface area (Å²) in [6.45, 7) is 10.2. The van der Waals surface area contributed by atoms with Crippen molar-refractivity contribution in [2.75, 3.05) is 6.61 Å². The van der Waals surface area contributed by atoms with E-state index in [1.165, 1.54) is 6.92 Å². The number of halogens is 1. The van der Waals surface area contributed by atoms with Crippen LogP contribution in [0.25, 0.3) is 0 Å². The smallest absolute Gasteiger partial charge is 0.479 e. The van der Waals surface area contributed by atoms with Gasteiger partial charge < -0.3 is 29.8 Å². The van der Waals surface area contributed by atoms with Crippen LogP contribution in [0.1, 0.15) is 73.1 Å². The molecule has 0 amide bonds. The van der Waals surface area contributed by atoms with Crippen molar-refractivity contribution in [1.29, 1.82) is 0 Å². The van der Waals surface area contributed by atoms with Crippen LogP contribution in [-0.2, 0) is 28.5 Å². The van der Waals surface area contributed by atoms with E-state index in [0.29, 0.717) is 18.9 Å². The number of carboxylic acids is 1. The van der Waals surface area contributed by atoms with Gasteiger partial charge in [-0.15, -0.1) is 0 Å². The minimum atomic E-state index is -2.47. The summed E-state index contributed by atoms with van der Waals surface area (Å²) in [5.74, 6) is -3.79. The minimum absolute atomic E-state index is 0.0609. The van der Waals surface area contributed by atoms with Gasteiger partial charge in [0, 0.05) is 30.8 Å². The largest absolute Gasteiger partial charge is 0.511 e. The standard InChI is InChI=1S/C25H38FNO8/c1-6-9-32-17-11-15-19(25(15,26)20(29)30)24(17,27)12-18(28)33-13(2)34-21(31)35-16-10-14-7-8-23(16,5)22(14,3)4/h13-17,19H,6-12,27H2,1-5H3,(H,29,30)/t13?,14-,15+,16+,17+,19+,23+,24-,25+/m0/s1. The molecule has 4 aliphatic rings. The van der Waals surface area contributed by atoms with Crippen LogP contribution in [0.4, 0.5) is 9.18 Å². The Morgan fingerprint density at radius 3 is 2.37 bits per heavy atom. The molecule has 4 aliphatic carbocycles. The number of carbonyl (C=O) groups is 3. The number of fused-ring (bicyclic) bond motifs is 3. The molecule has 3 N–H and O–H groups in total. The topological polar surface area (TPSA) is 134 Å². The highest BCUT2D eigenvalue weighted by atomic mass is 19.1. The van der Waals surface area contributed by atoms with E-state index in [-0.39, 0.29) is 23.4 Å². The van der Waals surface area contributed by atoms with E-state index in [1.54, 1.807) is 0 Å². The Morgan fingerprint density at radius 1 is 1.14 bits per heavy atom. The van der Waals surface area contributed by atoms with Gasteiger partial charge >= 0.3 is 18.1 Å². The molecule has 0 heterocycles. The molecule has 0 aromatic rings. The first-order valence-electron chi connectivity index (χ1n) is 12.6. The average Bonchev–Trinajstić information content (AvgIpc) is 3.07. The molecule has 4 saturated carbocycles. The highest BCUT2D eigenvalue weighted by molar-refractivity contribution is 5.84. The van der Waals surface area contributed by atoms with Crippen molar-refractivity contribution in [2.45, 2.75) is 103 Å². The Balaban J connectivity index is 1.32. The molecule has 0 aliphatic heterocycles. The Morgan fingerprint density at radius 2 is 1.83 bits per heavy atom. The van der Waals surface area contributed by atoms with E-state index in [1.807, 2.05) is 6.92 Å². The SMILES string of the molecule is CCCO[C@@H]1C[C@@H]2[C@H]([C@]1(N)CC(=O)OC(C)OC(=O)O[C@@H]1C[C@@H]3CC[C@@]1(C)C3(C)C)[C@@]2(F)C(=O)O. The molecule has 4 rings (SSSR count). The van der Waals surface area contributed by atoms with Crippen LogP contribution >= 0.6 is 0 Å². The fourth-order valence-electron chi connectivity index (χ4n) is 7.24. The number of esters is 1. The number of hydrogen-bond donors (Lipinski definition) is 2. The second-order valence-electron chi connectivity index (χ2n) is 11.7. The van der Waals surface area contributed by atoms with Crippen molar-refractivity contribution in [1.82, 2.24) is 0 Å². The summed E-state index contributed by atoms with van der Waals surface area (Å²) in [7, 11) is 0. The number of ether oxygens (including phenoxy) is 4. The molecule has 0 aromatic carbocycles. The zero-order valence-corrected chi connectivity index (χ0v) is 21.2. The molecule has 10 heteroatoms. The third-order valence-corrected chi connectivity index (χ3v) is 9.75. The fourth-order valence-corrected chi connectivity index (χ4v) is 7.24. The number of carboxylic acid groups (broad SMARTS) is 1. The van der Waals surface area contributed by atoms with E-state index >= 15 is 0 Å². The van der Waals surface area contributed by atoms with Gasteiger partial charge in [0.15, 0.2) is 0 Å². The maximum atomic E-state index is 15.0. The molecule has 1 unspecified atom stereocenters. The molecule has 0 saturated heterocycles. The predicted octanol–water partition coefficient (Wildman–Crippen LogP) is 3.57. The molecule has 0 spiro atoms. The van der Waals surface area contributed by atoms with Gasteiger partial charge in [0.25, 0.3) is 0 Å². The van der Waals surface area contributed by atoms with Crippen LogP contribution in [-0.4, -0.2) is 59.5 Å². The van der Waals surface area contributed by atoms with Gasteiger partial charge in [-0.1, -0.05) is 27.7 Å². The molecule has 0 radical (unpaired) electrons. The summed E-state index contributed by atoms with van der Waals surface area (Å²) in [6.07, 6.45) is 0.110. The summed E-state index contributed by atoms with van der Waals surface area (Å²) < 4.78 is 36.7. The second kappa shape index (κ2) is 8.57. The second-order valence-corrected chi connectivity index (χ2v) is 11.7. The first kappa shape index (κ1) is 26.1. The molecule has 4 fully saturated rings. The Kier molecular flexibility index (Phi) is 6.40. The quantitative estimate of drug-likeness (QED) is 0.360. The third kappa shape index (κ3) is 3.91. The number of aliphatic carboxylic acids is 1. The summed E-state index contributed by atoms with van der Waals surface area (Å²) in [5, 5.41) is 9.34. The van der Waals surface area contributed by atoms with Gasteiger partial charge in [-0.05, 0) is 43.4 Å². The molecule has 9 atom stereocenters. The van der Waals surface area contributed by atoms with Gasteiger partial charge in [-0.25, -0.2) is 14.0 Å². The van der Waals surface area contributed by atoms with Crippen LogP contribution < -0.4 is 5.73 Å². The lowest BCUT2D eigenvalue weighted by atomic mass is 9.70. The van der Waals surface area contributed by atoms with Crippen LogP contribution in [0.15, 0.2) is 0 Å². The number of rotatable bonds is 9. The maximum absolute atomic E-state index is 15.0. The first-order chi connectivity index (χ1) is 16.2. The van der Waals surface area contributed by atoms with Gasteiger partial charge in [-0.3, -0.25) is 4.79 Å². The van der Waals surface area contributed by atoms with Crippen molar-refractivity contribution in [3.05, 3.63) is 0 Å². The summed E-state index contributed by atoms with van der Waals surface area (Å²) >= 11 is 0. The lowest BCUT2D eigenvalue weighted by molar-refractivity contribution is -0.174. The Hall–Kier alpha value is -1.94. The van der Waals surface area contributed by atoms with E-state index < -0.39 is 60.0 Å². The summed E-state index contributed by atoms with van der Waals surface area (Å²) in [4.78, 5) is 36.6. The van der Waals surface area contributed by atoms with Gasteiger partial charge in [0.2, 0.25) is 12.0 Å². The number of nitrogens with two attached hydrogens (primary N) is 1. The molecule has 9 nitrogen and oxygen atoms in total. The van der Waals surface area contributed by atoms with Crippen molar-refractivity contribution >= 4 is 18.1 Å². The molecular weight excluding hydrogens is 461 g/mol. The normalized spacial score (nSPS) is 43.3. The Labute approximate surface area is 205 Å². The van der Waals surface area contributed by atoms with Crippen molar-refractivity contribution in [3.63, 3.8) is 0 Å². The van der Waals surface area contributed by atoms with E-state index in [4.69, 9.17) is 24.7 Å². The molecule has 35 heavy (non-hydrogen) atoms. The zero-order valence-electron chi connectivity index (χ0n) is 21.2. The molecule has 2 bridgehead atoms. The van der Waals surface area contributed by atoms with E-state index in [9.17, 15) is 23.9 Å². The van der Waals surface area contributed by atoms with Crippen LogP contribution in [0, 0.1) is 28.6 Å². The van der Waals surface area contributed by atoms with E-state index in [2.05, 4.69) is 20.8 Å². The van der Waals surface area contributed by atoms with Crippen LogP contribution in [0.2, 0.25) is 0 Å². The van der Waals surface area contributed by atoms with Gasteiger partial charge in [0.05, 0.1) is 18.1 Å². The predicted molar refractivity (Wildman–Crippen MR) is 121 cm³/mol. The Bertz CT molecular complexity index is 897. The number of alkyl halides is 1. The van der Waals surface area contributed by atoms with Crippen LogP contribution in [0.3, 0.4) is 0 Å². The third-order valence-electron chi connectivity index (χ3n) is 9.75. The van der Waals surface area contributed by atoms with Crippen LogP contribution in [0.5, 0.6) is 0 Å². The van der Waals surface area contributed by atoms with Gasteiger partial charge in [-0.2, -0.15) is 0 Å². The zero-order chi connectivity index (χ0) is 26.0. The summed E-state index contributed by atoms with van der Waals surface area (Å²) in [5.41, 5.74) is 2.36.